The molecule has 2 atom stereocenters. The van der Waals surface area contributed by atoms with Crippen molar-refractivity contribution in [3.63, 3.8) is 0 Å². The lowest BCUT2D eigenvalue weighted by Gasteiger charge is -2.44. The molecule has 2 aliphatic carbocycles. The van der Waals surface area contributed by atoms with E-state index in [-0.39, 0.29) is 11.3 Å². The first-order chi connectivity index (χ1) is 12.4. The lowest BCUT2D eigenvalue weighted by molar-refractivity contribution is -0.135. The van der Waals surface area contributed by atoms with Gasteiger partial charge in [0.15, 0.2) is 11.5 Å². The number of guanidine groups is 1. The molecule has 0 bridgehead atoms. The third kappa shape index (κ3) is 1.78. The Morgan fingerprint density at radius 2 is 2.12 bits per heavy atom. The van der Waals surface area contributed by atoms with E-state index < -0.39 is 5.54 Å². The second kappa shape index (κ2) is 5.06. The van der Waals surface area contributed by atoms with Crippen molar-refractivity contribution in [3.8, 4) is 0 Å². The van der Waals surface area contributed by atoms with Gasteiger partial charge in [0.2, 0.25) is 0 Å². The summed E-state index contributed by atoms with van der Waals surface area (Å²) in [6, 6.07) is 6.25. The molecule has 1 aromatic rings. The number of aliphatic imine (C=N–C) groups is 2. The van der Waals surface area contributed by atoms with Crippen LogP contribution < -0.4 is 5.73 Å². The summed E-state index contributed by atoms with van der Waals surface area (Å²) in [4.78, 5) is 24.6. The third-order valence-electron chi connectivity index (χ3n) is 6.72. The molecule has 1 fully saturated rings. The van der Waals surface area contributed by atoms with Crippen LogP contribution in [0.4, 0.5) is 0 Å². The van der Waals surface area contributed by atoms with Gasteiger partial charge in [-0.3, -0.25) is 14.7 Å². The average Bonchev–Trinajstić information content (AvgIpc) is 3.19. The molecule has 2 aliphatic heterocycles. The SMILES string of the molecule is CC1=C2CC3(CCC2=NC1)Cc1ccc(Br)cc1C31N=C(N)N(C)C1=O. The molecule has 1 amide bonds. The van der Waals surface area contributed by atoms with Crippen LogP contribution in [0.3, 0.4) is 0 Å². The van der Waals surface area contributed by atoms with Crippen LogP contribution in [0.25, 0.3) is 0 Å². The lowest BCUT2D eigenvalue weighted by atomic mass is 9.60. The molecular weight excluding hydrogens is 392 g/mol. The van der Waals surface area contributed by atoms with Gasteiger partial charge in [0, 0.05) is 22.6 Å². The van der Waals surface area contributed by atoms with Crippen molar-refractivity contribution in [1.29, 1.82) is 0 Å². The first kappa shape index (κ1) is 16.2. The highest BCUT2D eigenvalue weighted by molar-refractivity contribution is 9.10. The van der Waals surface area contributed by atoms with Gasteiger partial charge in [-0.05, 0) is 67.0 Å². The summed E-state index contributed by atoms with van der Waals surface area (Å²) < 4.78 is 0.970. The Bertz CT molecular complexity index is 963. The molecule has 5 rings (SSSR count). The quantitative estimate of drug-likeness (QED) is 0.711. The number of nitrogens with zero attached hydrogens (tertiary/aromatic N) is 3. The number of hydrogen-bond acceptors (Lipinski definition) is 4. The smallest absolute Gasteiger partial charge is 0.262 e. The fourth-order valence-electron chi connectivity index (χ4n) is 5.36. The van der Waals surface area contributed by atoms with E-state index in [1.807, 2.05) is 0 Å². The number of carbonyl (C=O) groups is 1. The summed E-state index contributed by atoms with van der Waals surface area (Å²) in [5.74, 6) is 0.322. The maximum absolute atomic E-state index is 13.5. The molecule has 26 heavy (non-hydrogen) atoms. The number of nitrogens with two attached hydrogens (primary N) is 1. The van der Waals surface area contributed by atoms with E-state index in [1.54, 1.807) is 7.05 Å². The van der Waals surface area contributed by atoms with Crippen molar-refractivity contribution in [1.82, 2.24) is 4.90 Å². The molecule has 1 saturated carbocycles. The topological polar surface area (TPSA) is 71.0 Å². The van der Waals surface area contributed by atoms with Crippen molar-refractivity contribution in [3.05, 3.63) is 44.9 Å². The number of benzene rings is 1. The summed E-state index contributed by atoms with van der Waals surface area (Å²) in [7, 11) is 1.73. The minimum atomic E-state index is -0.910. The van der Waals surface area contributed by atoms with Gasteiger partial charge in [-0.1, -0.05) is 22.0 Å². The number of halogens is 1. The first-order valence-corrected chi connectivity index (χ1v) is 9.82. The third-order valence-corrected chi connectivity index (χ3v) is 7.22. The van der Waals surface area contributed by atoms with Crippen LogP contribution in [-0.2, 0) is 16.8 Å². The van der Waals surface area contributed by atoms with Gasteiger partial charge in [-0.25, -0.2) is 4.99 Å². The Labute approximate surface area is 161 Å². The van der Waals surface area contributed by atoms with Crippen molar-refractivity contribution in [2.24, 2.45) is 21.1 Å². The highest BCUT2D eigenvalue weighted by Gasteiger charge is 2.66. The summed E-state index contributed by atoms with van der Waals surface area (Å²) >= 11 is 3.58. The van der Waals surface area contributed by atoms with E-state index in [4.69, 9.17) is 15.7 Å². The Morgan fingerprint density at radius 1 is 1.31 bits per heavy atom. The van der Waals surface area contributed by atoms with Crippen molar-refractivity contribution in [2.45, 2.75) is 38.1 Å². The number of fused-ring (bicyclic) bond motifs is 4. The summed E-state index contributed by atoms with van der Waals surface area (Å²) in [6.45, 7) is 2.96. The molecular formula is C20H21BrN4O. The van der Waals surface area contributed by atoms with E-state index in [9.17, 15) is 4.79 Å². The second-order valence-corrected chi connectivity index (χ2v) is 8.92. The standard InChI is InChI=1S/C20H21BrN4O/c1-11-10-23-16-5-6-19(9-14(11)16)8-12-3-4-13(21)7-15(12)20(19)17(26)25(2)18(22)24-20/h3-4,7H,5-6,8-10H2,1-2H3,(H2,22,24). The largest absolute Gasteiger partial charge is 0.369 e. The number of hydrogen-bond donors (Lipinski definition) is 1. The van der Waals surface area contributed by atoms with Gasteiger partial charge in [0.05, 0.1) is 6.54 Å². The zero-order chi connectivity index (χ0) is 18.3. The van der Waals surface area contributed by atoms with Gasteiger partial charge in [0.1, 0.15) is 0 Å². The van der Waals surface area contributed by atoms with Crippen LogP contribution in [0.5, 0.6) is 0 Å². The van der Waals surface area contributed by atoms with Crippen LogP contribution in [0.1, 0.15) is 37.3 Å². The Kier molecular flexibility index (Phi) is 3.16. The van der Waals surface area contributed by atoms with Gasteiger partial charge in [-0.15, -0.1) is 0 Å². The molecule has 0 saturated heterocycles. The zero-order valence-corrected chi connectivity index (χ0v) is 16.6. The fourth-order valence-corrected chi connectivity index (χ4v) is 5.72. The van der Waals surface area contributed by atoms with Crippen LogP contribution in [0, 0.1) is 5.41 Å². The Hall–Kier alpha value is -1.95. The van der Waals surface area contributed by atoms with Crippen LogP contribution in [-0.4, -0.2) is 36.1 Å². The maximum atomic E-state index is 13.5. The maximum Gasteiger partial charge on any atom is 0.262 e. The normalized spacial score (nSPS) is 32.4. The number of carbonyl (C=O) groups excluding carboxylic acids is 1. The van der Waals surface area contributed by atoms with E-state index >= 15 is 0 Å². The van der Waals surface area contributed by atoms with Crippen LogP contribution >= 0.6 is 15.9 Å². The van der Waals surface area contributed by atoms with Crippen molar-refractivity contribution in [2.75, 3.05) is 13.6 Å². The van der Waals surface area contributed by atoms with E-state index in [2.05, 4.69) is 41.1 Å². The van der Waals surface area contributed by atoms with Gasteiger partial charge in [0.25, 0.3) is 5.91 Å². The summed E-state index contributed by atoms with van der Waals surface area (Å²) in [5, 5.41) is 0. The number of allylic oxidation sites excluding steroid dienone is 1. The molecule has 5 nitrogen and oxygen atoms in total. The summed E-state index contributed by atoms with van der Waals surface area (Å²) in [6.07, 6.45) is 3.53. The molecule has 4 aliphatic rings. The number of likely N-dealkylation sites (N-methyl/N-ethyl adjacent to an activating group) is 1. The molecule has 1 aromatic carbocycles. The molecule has 2 heterocycles. The molecule has 2 N–H and O–H groups in total. The van der Waals surface area contributed by atoms with Gasteiger partial charge < -0.3 is 5.73 Å². The predicted molar refractivity (Wildman–Crippen MR) is 105 cm³/mol. The molecule has 0 aromatic heterocycles. The minimum absolute atomic E-state index is 0.00323. The van der Waals surface area contributed by atoms with Crippen LogP contribution in [0.2, 0.25) is 0 Å². The van der Waals surface area contributed by atoms with Crippen molar-refractivity contribution >= 4 is 33.5 Å². The van der Waals surface area contributed by atoms with Crippen molar-refractivity contribution < 1.29 is 4.79 Å². The Morgan fingerprint density at radius 3 is 2.85 bits per heavy atom. The number of amides is 1. The molecule has 2 unspecified atom stereocenters. The Balaban J connectivity index is 1.76. The minimum Gasteiger partial charge on any atom is -0.369 e. The summed E-state index contributed by atoms with van der Waals surface area (Å²) in [5.41, 5.74) is 11.1. The predicted octanol–water partition coefficient (Wildman–Crippen LogP) is 2.93. The molecule has 2 spiro atoms. The lowest BCUT2D eigenvalue weighted by Crippen LogP contribution is -2.51. The molecule has 134 valence electrons. The van der Waals surface area contributed by atoms with Gasteiger partial charge in [-0.2, -0.15) is 0 Å². The zero-order valence-electron chi connectivity index (χ0n) is 15.0. The average molecular weight is 413 g/mol. The van der Waals surface area contributed by atoms with E-state index in [1.165, 1.54) is 27.3 Å². The van der Waals surface area contributed by atoms with Gasteiger partial charge >= 0.3 is 0 Å². The monoisotopic (exact) mass is 412 g/mol. The van der Waals surface area contributed by atoms with E-state index in [0.717, 1.165) is 42.3 Å². The molecule has 0 radical (unpaired) electrons. The molecule has 6 heteroatoms. The number of rotatable bonds is 0. The fraction of sp³-hybridized carbons (Fsp3) is 0.450. The second-order valence-electron chi connectivity index (χ2n) is 8.00. The van der Waals surface area contributed by atoms with Crippen LogP contribution in [0.15, 0.2) is 43.8 Å². The highest BCUT2D eigenvalue weighted by Crippen LogP contribution is 2.62. The highest BCUT2D eigenvalue weighted by atomic mass is 79.9. The first-order valence-electron chi connectivity index (χ1n) is 9.03. The van der Waals surface area contributed by atoms with E-state index in [0.29, 0.717) is 5.96 Å².